The number of rotatable bonds is 12. The van der Waals surface area contributed by atoms with Gasteiger partial charge in [-0.1, -0.05) is 26.2 Å². The summed E-state index contributed by atoms with van der Waals surface area (Å²) in [5, 5.41) is 3.38. The van der Waals surface area contributed by atoms with Crippen molar-refractivity contribution < 1.29 is 13.6 Å². The van der Waals surface area contributed by atoms with E-state index in [1.54, 1.807) is 0 Å². The van der Waals surface area contributed by atoms with E-state index in [9.17, 15) is 4.57 Å². The smallest absolute Gasteiger partial charge is 0.314 e. The van der Waals surface area contributed by atoms with Gasteiger partial charge in [-0.05, 0) is 27.2 Å². The molecule has 1 N–H and O–H groups in total. The molecule has 0 fully saturated rings. The fourth-order valence-electron chi connectivity index (χ4n) is 1.81. The van der Waals surface area contributed by atoms with Crippen LogP contribution in [0.2, 0.25) is 0 Å². The summed E-state index contributed by atoms with van der Waals surface area (Å²) < 4.78 is 22.7. The molecule has 1 atom stereocenters. The van der Waals surface area contributed by atoms with Crippen LogP contribution in [-0.4, -0.2) is 32.0 Å². The van der Waals surface area contributed by atoms with Crippen molar-refractivity contribution in [1.82, 2.24) is 5.32 Å². The van der Waals surface area contributed by atoms with E-state index in [-0.39, 0.29) is 0 Å². The molecular weight excluding hydrogens is 249 g/mol. The lowest BCUT2D eigenvalue weighted by molar-refractivity contribution is 0.220. The van der Waals surface area contributed by atoms with Gasteiger partial charge >= 0.3 is 7.60 Å². The van der Waals surface area contributed by atoms with Gasteiger partial charge in [-0.25, -0.2) is 0 Å². The van der Waals surface area contributed by atoms with Gasteiger partial charge in [0.1, 0.15) is 0 Å². The second-order valence-electron chi connectivity index (χ2n) is 4.52. The van der Waals surface area contributed by atoms with E-state index in [2.05, 4.69) is 19.2 Å². The molecule has 0 aromatic heterocycles. The molecule has 0 saturated heterocycles. The highest BCUT2D eigenvalue weighted by molar-refractivity contribution is 7.53. The van der Waals surface area contributed by atoms with Gasteiger partial charge in [0, 0.05) is 12.6 Å². The highest BCUT2D eigenvalue weighted by atomic mass is 31.2. The van der Waals surface area contributed by atoms with Crippen molar-refractivity contribution in [2.75, 3.05) is 25.9 Å². The minimum absolute atomic E-state index is 0.434. The zero-order valence-electron chi connectivity index (χ0n) is 12.4. The maximum Gasteiger partial charge on any atom is 0.331 e. The molecule has 0 saturated carbocycles. The Bertz CT molecular complexity index is 226. The summed E-state index contributed by atoms with van der Waals surface area (Å²) in [4.78, 5) is 0. The fraction of sp³-hybridized carbons (Fsp3) is 1.00. The molecule has 0 heterocycles. The lowest BCUT2D eigenvalue weighted by atomic mass is 10.1. The van der Waals surface area contributed by atoms with Gasteiger partial charge in [-0.2, -0.15) is 0 Å². The van der Waals surface area contributed by atoms with Crippen molar-refractivity contribution >= 4 is 7.60 Å². The summed E-state index contributed by atoms with van der Waals surface area (Å²) >= 11 is 0. The van der Waals surface area contributed by atoms with Crippen molar-refractivity contribution in [3.8, 4) is 0 Å². The molecule has 4 nitrogen and oxygen atoms in total. The van der Waals surface area contributed by atoms with E-state index in [0.29, 0.717) is 32.0 Å². The van der Waals surface area contributed by atoms with Gasteiger partial charge in [-0.3, -0.25) is 4.57 Å². The Morgan fingerprint density at radius 1 is 1.11 bits per heavy atom. The third-order valence-electron chi connectivity index (χ3n) is 2.77. The summed E-state index contributed by atoms with van der Waals surface area (Å²) in [5.41, 5.74) is 0. The Morgan fingerprint density at radius 2 is 1.72 bits per heavy atom. The average molecular weight is 279 g/mol. The first-order chi connectivity index (χ1) is 8.58. The zero-order chi connectivity index (χ0) is 13.9. The highest BCUT2D eigenvalue weighted by Gasteiger charge is 2.22. The predicted molar refractivity (Wildman–Crippen MR) is 77.3 cm³/mol. The molecule has 0 spiro atoms. The van der Waals surface area contributed by atoms with E-state index < -0.39 is 7.60 Å². The SMILES string of the molecule is CCCCC[C@H](C)NCCP(=O)(OCC)OCC. The number of unbranched alkanes of at least 4 members (excludes halogenated alkanes) is 2. The number of hydrogen-bond acceptors (Lipinski definition) is 4. The van der Waals surface area contributed by atoms with Gasteiger partial charge in [0.15, 0.2) is 0 Å². The van der Waals surface area contributed by atoms with Gasteiger partial charge in [0.25, 0.3) is 0 Å². The van der Waals surface area contributed by atoms with Crippen LogP contribution in [0.15, 0.2) is 0 Å². The first kappa shape index (κ1) is 18.1. The Balaban J connectivity index is 3.81. The molecule has 0 aliphatic rings. The molecular formula is C13H30NO3P. The zero-order valence-corrected chi connectivity index (χ0v) is 13.3. The summed E-state index contributed by atoms with van der Waals surface area (Å²) in [6.45, 7) is 9.61. The maximum absolute atomic E-state index is 12.2. The monoisotopic (exact) mass is 279 g/mol. The second-order valence-corrected chi connectivity index (χ2v) is 6.71. The van der Waals surface area contributed by atoms with Crippen molar-refractivity contribution in [2.24, 2.45) is 0 Å². The second kappa shape index (κ2) is 11.0. The van der Waals surface area contributed by atoms with Gasteiger partial charge in [0.05, 0.1) is 19.4 Å². The quantitative estimate of drug-likeness (QED) is 0.436. The molecule has 0 amide bonds. The predicted octanol–water partition coefficient (Wildman–Crippen LogP) is 3.81. The molecule has 0 aromatic carbocycles. The Hall–Kier alpha value is 0.110. The Labute approximate surface area is 112 Å². The van der Waals surface area contributed by atoms with Crippen LogP contribution in [0.3, 0.4) is 0 Å². The summed E-state index contributed by atoms with van der Waals surface area (Å²) in [5.74, 6) is 0. The van der Waals surface area contributed by atoms with Crippen LogP contribution >= 0.6 is 7.60 Å². The minimum Gasteiger partial charge on any atom is -0.314 e. The van der Waals surface area contributed by atoms with E-state index in [0.717, 1.165) is 0 Å². The van der Waals surface area contributed by atoms with Crippen LogP contribution in [0.4, 0.5) is 0 Å². The minimum atomic E-state index is -2.87. The molecule has 0 aliphatic carbocycles. The van der Waals surface area contributed by atoms with Crippen molar-refractivity contribution in [1.29, 1.82) is 0 Å². The largest absolute Gasteiger partial charge is 0.331 e. The summed E-state index contributed by atoms with van der Waals surface area (Å²) in [6, 6.07) is 0.466. The molecule has 0 aromatic rings. The van der Waals surface area contributed by atoms with Gasteiger partial charge < -0.3 is 14.4 Å². The van der Waals surface area contributed by atoms with Gasteiger partial charge in [0.2, 0.25) is 0 Å². The van der Waals surface area contributed by atoms with Crippen LogP contribution in [0.25, 0.3) is 0 Å². The maximum atomic E-state index is 12.2. The highest BCUT2D eigenvalue weighted by Crippen LogP contribution is 2.47. The van der Waals surface area contributed by atoms with E-state index >= 15 is 0 Å². The van der Waals surface area contributed by atoms with Crippen LogP contribution in [0, 0.1) is 0 Å². The third kappa shape index (κ3) is 9.09. The third-order valence-corrected chi connectivity index (χ3v) is 4.85. The molecule has 110 valence electrons. The van der Waals surface area contributed by atoms with Crippen LogP contribution in [-0.2, 0) is 13.6 Å². The molecule has 0 bridgehead atoms. The van der Waals surface area contributed by atoms with Gasteiger partial charge in [-0.15, -0.1) is 0 Å². The number of hydrogen-bond donors (Lipinski definition) is 1. The van der Waals surface area contributed by atoms with Crippen molar-refractivity contribution in [2.45, 2.75) is 59.4 Å². The first-order valence-electron chi connectivity index (χ1n) is 7.19. The Kier molecular flexibility index (Phi) is 11.0. The molecule has 0 rings (SSSR count). The summed E-state index contributed by atoms with van der Waals surface area (Å²) in [6.07, 6.45) is 5.40. The van der Waals surface area contributed by atoms with E-state index in [4.69, 9.17) is 9.05 Å². The molecule has 0 aliphatic heterocycles. The van der Waals surface area contributed by atoms with Crippen LogP contribution < -0.4 is 5.32 Å². The first-order valence-corrected chi connectivity index (χ1v) is 8.92. The standard InChI is InChI=1S/C13H30NO3P/c1-5-8-9-10-13(4)14-11-12-18(15,16-6-2)17-7-3/h13-14H,5-12H2,1-4H3/t13-/m0/s1. The Morgan fingerprint density at radius 3 is 2.22 bits per heavy atom. The summed E-state index contributed by atoms with van der Waals surface area (Å²) in [7, 11) is -2.87. The van der Waals surface area contributed by atoms with Crippen molar-refractivity contribution in [3.05, 3.63) is 0 Å². The number of nitrogens with one attached hydrogen (secondary N) is 1. The molecule has 0 radical (unpaired) electrons. The lowest BCUT2D eigenvalue weighted by Gasteiger charge is -2.19. The fourth-order valence-corrected chi connectivity index (χ4v) is 3.33. The normalized spacial score (nSPS) is 13.8. The van der Waals surface area contributed by atoms with Crippen LogP contribution in [0.5, 0.6) is 0 Å². The average Bonchev–Trinajstić information content (AvgIpc) is 2.30. The molecule has 18 heavy (non-hydrogen) atoms. The van der Waals surface area contributed by atoms with Crippen LogP contribution in [0.1, 0.15) is 53.4 Å². The molecule has 5 heteroatoms. The topological polar surface area (TPSA) is 47.6 Å². The lowest BCUT2D eigenvalue weighted by Crippen LogP contribution is -2.29. The van der Waals surface area contributed by atoms with Crippen molar-refractivity contribution in [3.63, 3.8) is 0 Å². The van der Waals surface area contributed by atoms with E-state index in [1.165, 1.54) is 25.7 Å². The van der Waals surface area contributed by atoms with E-state index in [1.807, 2.05) is 13.8 Å². The molecule has 0 unspecified atom stereocenters.